The largest absolute Gasteiger partial charge is 0.480 e. The van der Waals surface area contributed by atoms with Gasteiger partial charge in [-0.1, -0.05) is 59.6 Å². The topological polar surface area (TPSA) is 124 Å². The van der Waals surface area contributed by atoms with Gasteiger partial charge in [0.25, 0.3) is 0 Å². The van der Waals surface area contributed by atoms with Crippen molar-refractivity contribution >= 4 is 29.1 Å². The number of carbonyl (C=O) groups is 1. The molecule has 0 spiro atoms. The summed E-state index contributed by atoms with van der Waals surface area (Å²) in [6, 6.07) is 11.2. The van der Waals surface area contributed by atoms with Gasteiger partial charge in [-0.3, -0.25) is 19.7 Å². The van der Waals surface area contributed by atoms with Crippen LogP contribution in [-0.2, 0) is 22.6 Å². The van der Waals surface area contributed by atoms with E-state index in [-0.39, 0.29) is 11.9 Å². The number of methoxy groups -OCH3 is 2. The smallest absolute Gasteiger partial charge is 0.345 e. The number of nitrogens with one attached hydrogen (secondary N) is 2. The number of amides is 1. The van der Waals surface area contributed by atoms with Crippen LogP contribution in [0, 0.1) is 0 Å². The van der Waals surface area contributed by atoms with Crippen molar-refractivity contribution in [1.82, 2.24) is 35.5 Å². The number of ether oxygens (including phenoxy) is 3. The summed E-state index contributed by atoms with van der Waals surface area (Å²) in [5, 5.41) is 7.09. The molecule has 252 valence electrons. The van der Waals surface area contributed by atoms with Crippen LogP contribution in [0.3, 0.4) is 0 Å². The average Bonchev–Trinajstić information content (AvgIpc) is 3.48. The van der Waals surface area contributed by atoms with Crippen LogP contribution in [-0.4, -0.2) is 83.4 Å². The zero-order valence-corrected chi connectivity index (χ0v) is 27.7. The third-order valence-electron chi connectivity index (χ3n) is 8.21. The molecule has 2 saturated heterocycles. The Bertz CT molecular complexity index is 1800. The summed E-state index contributed by atoms with van der Waals surface area (Å²) >= 11 is 14.0. The van der Waals surface area contributed by atoms with Crippen molar-refractivity contribution in [1.29, 1.82) is 0 Å². The van der Waals surface area contributed by atoms with Crippen molar-refractivity contribution in [2.75, 3.05) is 33.9 Å². The molecule has 11 nitrogen and oxygen atoms in total. The fourth-order valence-electron chi connectivity index (χ4n) is 5.78. The highest BCUT2D eigenvalue weighted by atomic mass is 35.5. The number of nitrogens with zero attached hydrogens (tertiary/aromatic N) is 5. The molecular weight excluding hydrogens is 667 g/mol. The summed E-state index contributed by atoms with van der Waals surface area (Å²) in [5.41, 5.74) is 4.85. The van der Waals surface area contributed by atoms with Gasteiger partial charge < -0.3 is 24.8 Å². The SMILES string of the molecule is COc1nc(-c2cccc(-c3cccc(-c4cnc(CN5CC(OC(F)F)C5)c(OC)n4)c3Cl)c2Cl)cnc1CNC[C@@H]1CCC(=O)N1. The molecule has 6 rings (SSSR count). The maximum Gasteiger partial charge on any atom is 0.345 e. The molecule has 0 unspecified atom stereocenters. The monoisotopic (exact) mass is 699 g/mol. The molecule has 2 fully saturated rings. The summed E-state index contributed by atoms with van der Waals surface area (Å²) in [7, 11) is 3.03. The van der Waals surface area contributed by atoms with Gasteiger partial charge in [-0.2, -0.15) is 8.78 Å². The molecule has 2 aliphatic rings. The fourth-order valence-corrected chi connectivity index (χ4v) is 6.43. The van der Waals surface area contributed by atoms with Crippen LogP contribution in [0.15, 0.2) is 48.8 Å². The van der Waals surface area contributed by atoms with Crippen molar-refractivity contribution < 1.29 is 27.8 Å². The molecule has 0 saturated carbocycles. The minimum Gasteiger partial charge on any atom is -0.480 e. The molecule has 1 atom stereocenters. The number of benzene rings is 2. The van der Waals surface area contributed by atoms with E-state index in [4.69, 9.17) is 37.7 Å². The van der Waals surface area contributed by atoms with Crippen LogP contribution in [0.25, 0.3) is 33.6 Å². The van der Waals surface area contributed by atoms with Crippen LogP contribution in [0.2, 0.25) is 10.0 Å². The molecule has 2 aliphatic heterocycles. The van der Waals surface area contributed by atoms with Gasteiger partial charge in [-0.05, 0) is 6.42 Å². The predicted octanol–water partition coefficient (Wildman–Crippen LogP) is 5.38. The van der Waals surface area contributed by atoms with Crippen molar-refractivity contribution in [3.8, 4) is 45.4 Å². The van der Waals surface area contributed by atoms with Gasteiger partial charge in [-0.15, -0.1) is 0 Å². The lowest BCUT2D eigenvalue weighted by molar-refractivity contribution is -0.197. The molecule has 2 aromatic carbocycles. The van der Waals surface area contributed by atoms with Crippen molar-refractivity contribution in [3.63, 3.8) is 0 Å². The molecular formula is C33H33Cl2F2N7O4. The second kappa shape index (κ2) is 15.0. The Labute approximate surface area is 286 Å². The minimum atomic E-state index is -2.79. The van der Waals surface area contributed by atoms with Gasteiger partial charge in [0.2, 0.25) is 17.7 Å². The molecule has 0 aliphatic carbocycles. The van der Waals surface area contributed by atoms with Crippen molar-refractivity contribution in [2.24, 2.45) is 0 Å². The summed E-state index contributed by atoms with van der Waals surface area (Å²) < 4.78 is 40.6. The lowest BCUT2D eigenvalue weighted by atomic mass is 9.98. The number of hydrogen-bond acceptors (Lipinski definition) is 10. The Morgan fingerprint density at radius 3 is 2.02 bits per heavy atom. The number of halogens is 4. The van der Waals surface area contributed by atoms with E-state index in [2.05, 4.69) is 30.3 Å². The normalized spacial score (nSPS) is 16.6. The standard InChI is InChI=1S/C33H33Cl2F2N7O4/c1-46-31-26(12-38-11-18-9-10-28(45)41-18)39-13-24(42-31)22-7-3-5-20(29(22)34)21-6-4-8-23(30(21)35)25-14-40-27(32(43-25)47-2)17-44-15-19(16-44)48-33(36)37/h3-8,13-14,18-19,33,38H,9-12,15-17H2,1-2H3,(H,41,45)/t18-/m0/s1. The van der Waals surface area contributed by atoms with E-state index in [1.54, 1.807) is 12.4 Å². The van der Waals surface area contributed by atoms with E-state index in [1.165, 1.54) is 14.2 Å². The summed E-state index contributed by atoms with van der Waals surface area (Å²) in [6.07, 6.45) is 4.09. The lowest BCUT2D eigenvalue weighted by Crippen LogP contribution is -2.52. The van der Waals surface area contributed by atoms with E-state index in [0.29, 0.717) is 106 Å². The third kappa shape index (κ3) is 7.50. The molecule has 48 heavy (non-hydrogen) atoms. The Balaban J connectivity index is 1.21. The van der Waals surface area contributed by atoms with Gasteiger partial charge in [0.15, 0.2) is 0 Å². The number of carbonyl (C=O) groups excluding carboxylic acids is 1. The second-order valence-electron chi connectivity index (χ2n) is 11.4. The quantitative estimate of drug-likeness (QED) is 0.188. The van der Waals surface area contributed by atoms with E-state index in [9.17, 15) is 13.6 Å². The van der Waals surface area contributed by atoms with Gasteiger partial charge >= 0.3 is 6.61 Å². The highest BCUT2D eigenvalue weighted by molar-refractivity contribution is 6.39. The molecule has 2 N–H and O–H groups in total. The van der Waals surface area contributed by atoms with Gasteiger partial charge in [0.1, 0.15) is 11.4 Å². The zero-order chi connectivity index (χ0) is 33.8. The number of rotatable bonds is 13. The first-order valence-electron chi connectivity index (χ1n) is 15.3. The number of likely N-dealkylation sites (tertiary alicyclic amines) is 1. The molecule has 4 heterocycles. The Hall–Kier alpha value is -4.01. The first-order chi connectivity index (χ1) is 23.2. The molecule has 2 aromatic heterocycles. The Morgan fingerprint density at radius 1 is 0.917 bits per heavy atom. The first kappa shape index (κ1) is 33.9. The van der Waals surface area contributed by atoms with Crippen LogP contribution < -0.4 is 20.1 Å². The predicted molar refractivity (Wildman–Crippen MR) is 176 cm³/mol. The van der Waals surface area contributed by atoms with Crippen molar-refractivity contribution in [3.05, 3.63) is 70.2 Å². The number of hydrogen-bond donors (Lipinski definition) is 2. The fraction of sp³-hybridized carbons (Fsp3) is 0.364. The minimum absolute atomic E-state index is 0.0695. The number of aromatic nitrogens is 4. The Kier molecular flexibility index (Phi) is 10.6. The molecule has 0 radical (unpaired) electrons. The number of alkyl halides is 2. The van der Waals surface area contributed by atoms with E-state index in [0.717, 1.165) is 6.42 Å². The molecule has 1 amide bonds. The summed E-state index contributed by atoms with van der Waals surface area (Å²) in [4.78, 5) is 31.9. The van der Waals surface area contributed by atoms with Crippen LogP contribution in [0.4, 0.5) is 8.78 Å². The maximum atomic E-state index is 12.5. The second-order valence-corrected chi connectivity index (χ2v) is 12.2. The van der Waals surface area contributed by atoms with E-state index < -0.39 is 12.7 Å². The first-order valence-corrected chi connectivity index (χ1v) is 16.0. The summed E-state index contributed by atoms with van der Waals surface area (Å²) in [6.45, 7) is -0.641. The van der Waals surface area contributed by atoms with Crippen molar-refractivity contribution in [2.45, 2.75) is 44.7 Å². The molecule has 15 heteroatoms. The molecule has 4 aromatic rings. The lowest BCUT2D eigenvalue weighted by Gasteiger charge is -2.38. The van der Waals surface area contributed by atoms with Crippen LogP contribution >= 0.6 is 23.2 Å². The van der Waals surface area contributed by atoms with Gasteiger partial charge in [0.05, 0.1) is 54.2 Å². The highest BCUT2D eigenvalue weighted by Gasteiger charge is 2.31. The van der Waals surface area contributed by atoms with E-state index >= 15 is 0 Å². The molecule has 0 bridgehead atoms. The van der Waals surface area contributed by atoms with Crippen LogP contribution in [0.5, 0.6) is 11.8 Å². The van der Waals surface area contributed by atoms with Gasteiger partial charge in [0, 0.05) is 67.4 Å². The zero-order valence-electron chi connectivity index (χ0n) is 26.2. The Morgan fingerprint density at radius 2 is 1.48 bits per heavy atom. The van der Waals surface area contributed by atoms with Gasteiger partial charge in [-0.25, -0.2) is 9.97 Å². The van der Waals surface area contributed by atoms with E-state index in [1.807, 2.05) is 41.3 Å². The third-order valence-corrected chi connectivity index (χ3v) is 9.02. The maximum absolute atomic E-state index is 12.5. The van der Waals surface area contributed by atoms with Crippen LogP contribution in [0.1, 0.15) is 24.2 Å². The summed E-state index contributed by atoms with van der Waals surface area (Å²) in [5.74, 6) is 0.743. The highest BCUT2D eigenvalue weighted by Crippen LogP contribution is 2.42. The average molecular weight is 701 g/mol.